The minimum Gasteiger partial charge on any atom is -0.365 e. The Kier molecular flexibility index (Phi) is 4.47. The summed E-state index contributed by atoms with van der Waals surface area (Å²) in [4.78, 5) is 11.1. The highest BCUT2D eigenvalue weighted by Gasteiger charge is 2.25. The topological polar surface area (TPSA) is 53.1 Å². The van der Waals surface area contributed by atoms with Gasteiger partial charge in [-0.2, -0.15) is 4.98 Å². The van der Waals surface area contributed by atoms with E-state index in [0.717, 1.165) is 30.5 Å². The van der Waals surface area contributed by atoms with E-state index in [9.17, 15) is 0 Å². The summed E-state index contributed by atoms with van der Waals surface area (Å²) < 4.78 is -0.148. The molecular weight excluding hydrogens is 278 g/mol. The van der Waals surface area contributed by atoms with Crippen LogP contribution in [0.15, 0.2) is 6.07 Å². The van der Waals surface area contributed by atoms with Crippen LogP contribution in [0.3, 0.4) is 0 Å². The number of thiol groups is 1. The van der Waals surface area contributed by atoms with Crippen LogP contribution in [0.2, 0.25) is 0 Å². The number of aromatic nitrogens is 2. The van der Waals surface area contributed by atoms with Gasteiger partial charge in [0.25, 0.3) is 0 Å². The quantitative estimate of drug-likeness (QED) is 0.569. The first-order valence-corrected chi connectivity index (χ1v) is 8.16. The minimum atomic E-state index is -0.148. The van der Waals surface area contributed by atoms with Crippen molar-refractivity contribution in [3.05, 3.63) is 11.8 Å². The molecule has 0 bridgehead atoms. The molecule has 1 saturated heterocycles. The predicted octanol–water partition coefficient (Wildman–Crippen LogP) is 1.74. The summed E-state index contributed by atoms with van der Waals surface area (Å²) in [7, 11) is 5.40. The van der Waals surface area contributed by atoms with Gasteiger partial charge in [-0.25, -0.2) is 4.98 Å². The maximum absolute atomic E-state index is 4.62. The van der Waals surface area contributed by atoms with Crippen molar-refractivity contribution in [1.29, 1.82) is 0 Å². The van der Waals surface area contributed by atoms with E-state index in [4.69, 9.17) is 0 Å². The molecule has 1 aliphatic rings. The zero-order valence-corrected chi connectivity index (χ0v) is 13.5. The van der Waals surface area contributed by atoms with Crippen molar-refractivity contribution < 1.29 is 0 Å². The Morgan fingerprint density at radius 1 is 1.42 bits per heavy atom. The molecule has 0 amide bonds. The lowest BCUT2D eigenvalue weighted by Gasteiger charge is -2.29. The highest BCUT2D eigenvalue weighted by molar-refractivity contribution is 8.68. The van der Waals surface area contributed by atoms with Gasteiger partial charge in [0, 0.05) is 33.3 Å². The van der Waals surface area contributed by atoms with Gasteiger partial charge in [0.1, 0.15) is 5.82 Å². The highest BCUT2D eigenvalue weighted by Crippen LogP contribution is 2.38. The van der Waals surface area contributed by atoms with E-state index in [1.165, 1.54) is 10.8 Å². The van der Waals surface area contributed by atoms with Crippen molar-refractivity contribution in [1.82, 2.24) is 15.3 Å². The highest BCUT2D eigenvalue weighted by atomic mass is 33.1. The number of hydrogen-bond acceptors (Lipinski definition) is 7. The van der Waals surface area contributed by atoms with E-state index >= 15 is 0 Å². The zero-order valence-electron chi connectivity index (χ0n) is 11.8. The Bertz CT molecular complexity index is 446. The van der Waals surface area contributed by atoms with Gasteiger partial charge in [-0.15, -0.1) is 11.7 Å². The molecule has 2 N–H and O–H groups in total. The van der Waals surface area contributed by atoms with Crippen LogP contribution in [0.4, 0.5) is 11.8 Å². The van der Waals surface area contributed by atoms with E-state index in [1.54, 1.807) is 0 Å². The summed E-state index contributed by atoms with van der Waals surface area (Å²) in [5.41, 5.74) is 0.987. The molecule has 5 nitrogen and oxygen atoms in total. The summed E-state index contributed by atoms with van der Waals surface area (Å²) in [6.07, 6.45) is 0. The Balaban J connectivity index is 2.31. The van der Waals surface area contributed by atoms with Gasteiger partial charge in [0.15, 0.2) is 0 Å². The van der Waals surface area contributed by atoms with Crippen LogP contribution in [0.25, 0.3) is 0 Å². The normalized spacial score (nSPS) is 16.1. The first-order chi connectivity index (χ1) is 8.92. The Labute approximate surface area is 123 Å². The Hall–Kier alpha value is -0.660. The number of anilines is 2. The van der Waals surface area contributed by atoms with Gasteiger partial charge >= 0.3 is 0 Å². The van der Waals surface area contributed by atoms with Crippen molar-refractivity contribution in [2.45, 2.75) is 24.6 Å². The van der Waals surface area contributed by atoms with Crippen LogP contribution in [-0.2, 0) is 4.75 Å². The standard InChI is InChI=1S/C12H21N5S2/c1-12(2,19-18)9-5-10(14-8-6-13-7-8)16-11(15-9)17(3)4/h5,8,13,18H,6-7H2,1-4H3,(H,14,15,16). The van der Waals surface area contributed by atoms with Crippen molar-refractivity contribution in [3.8, 4) is 0 Å². The third-order valence-corrected chi connectivity index (χ3v) is 5.13. The maximum Gasteiger partial charge on any atom is 0.227 e. The Morgan fingerprint density at radius 2 is 2.11 bits per heavy atom. The molecule has 7 heteroatoms. The van der Waals surface area contributed by atoms with E-state index in [-0.39, 0.29) is 4.75 Å². The predicted molar refractivity (Wildman–Crippen MR) is 86.2 cm³/mol. The number of rotatable bonds is 5. The number of nitrogens with zero attached hydrogens (tertiary/aromatic N) is 3. The van der Waals surface area contributed by atoms with Crippen LogP contribution < -0.4 is 15.5 Å². The fourth-order valence-electron chi connectivity index (χ4n) is 1.66. The molecule has 0 aromatic carbocycles. The minimum absolute atomic E-state index is 0.148. The largest absolute Gasteiger partial charge is 0.365 e. The van der Waals surface area contributed by atoms with Crippen molar-refractivity contribution in [3.63, 3.8) is 0 Å². The maximum atomic E-state index is 4.62. The molecule has 2 rings (SSSR count). The molecule has 1 fully saturated rings. The molecule has 1 aromatic rings. The molecule has 2 heterocycles. The monoisotopic (exact) mass is 299 g/mol. The summed E-state index contributed by atoms with van der Waals surface area (Å²) in [5, 5.41) is 6.68. The fourth-order valence-corrected chi connectivity index (χ4v) is 2.14. The van der Waals surface area contributed by atoms with E-state index < -0.39 is 0 Å². The molecule has 1 aromatic heterocycles. The molecule has 0 radical (unpaired) electrons. The van der Waals surface area contributed by atoms with Crippen LogP contribution in [0.1, 0.15) is 19.5 Å². The second-order valence-corrected chi connectivity index (χ2v) is 7.18. The van der Waals surface area contributed by atoms with Crippen molar-refractivity contribution in [2.24, 2.45) is 0 Å². The van der Waals surface area contributed by atoms with Crippen molar-refractivity contribution >= 4 is 34.2 Å². The smallest absolute Gasteiger partial charge is 0.227 e. The summed E-state index contributed by atoms with van der Waals surface area (Å²) in [6, 6.07) is 2.48. The van der Waals surface area contributed by atoms with Gasteiger partial charge in [0.2, 0.25) is 5.95 Å². The molecule has 0 aliphatic carbocycles. The summed E-state index contributed by atoms with van der Waals surface area (Å²) in [6.45, 7) is 6.20. The average molecular weight is 299 g/mol. The van der Waals surface area contributed by atoms with Gasteiger partial charge in [-0.3, -0.25) is 0 Å². The lowest BCUT2D eigenvalue weighted by molar-refractivity contribution is 0.471. The molecule has 0 saturated carbocycles. The van der Waals surface area contributed by atoms with Crippen molar-refractivity contribution in [2.75, 3.05) is 37.4 Å². The molecule has 0 unspecified atom stereocenters. The first-order valence-electron chi connectivity index (χ1n) is 6.29. The average Bonchev–Trinajstić information content (AvgIpc) is 2.33. The fraction of sp³-hybridized carbons (Fsp3) is 0.667. The third-order valence-electron chi connectivity index (χ3n) is 3.09. The Morgan fingerprint density at radius 3 is 2.58 bits per heavy atom. The molecule has 1 aliphatic heterocycles. The molecule has 0 spiro atoms. The van der Waals surface area contributed by atoms with E-state index in [0.29, 0.717) is 6.04 Å². The number of nitrogens with one attached hydrogen (secondary N) is 2. The van der Waals surface area contributed by atoms with Crippen LogP contribution >= 0.6 is 22.5 Å². The lowest BCUT2D eigenvalue weighted by atomic mass is 10.1. The van der Waals surface area contributed by atoms with Gasteiger partial charge < -0.3 is 15.5 Å². The molecule has 106 valence electrons. The molecule has 0 atom stereocenters. The van der Waals surface area contributed by atoms with Gasteiger partial charge in [-0.1, -0.05) is 10.8 Å². The zero-order chi connectivity index (χ0) is 14.0. The van der Waals surface area contributed by atoms with Gasteiger partial charge in [-0.05, 0) is 13.8 Å². The van der Waals surface area contributed by atoms with E-state index in [2.05, 4.69) is 46.1 Å². The summed E-state index contributed by atoms with van der Waals surface area (Å²) >= 11 is 4.34. The first kappa shape index (κ1) is 14.7. The molecular formula is C12H21N5S2. The van der Waals surface area contributed by atoms with E-state index in [1.807, 2.05) is 25.1 Å². The second-order valence-electron chi connectivity index (χ2n) is 5.43. The lowest BCUT2D eigenvalue weighted by Crippen LogP contribution is -2.51. The second kappa shape index (κ2) is 5.76. The third kappa shape index (κ3) is 3.46. The van der Waals surface area contributed by atoms with Gasteiger partial charge in [0.05, 0.1) is 16.5 Å². The van der Waals surface area contributed by atoms with Crippen LogP contribution in [0.5, 0.6) is 0 Å². The summed E-state index contributed by atoms with van der Waals surface area (Å²) in [5.74, 6) is 1.61. The van der Waals surface area contributed by atoms with Crippen LogP contribution in [0, 0.1) is 0 Å². The van der Waals surface area contributed by atoms with Crippen LogP contribution in [-0.4, -0.2) is 43.2 Å². The SMILES string of the molecule is CN(C)c1nc(NC2CNC2)cc(C(C)(C)SS)n1. The molecule has 19 heavy (non-hydrogen) atoms. The number of hydrogen-bond donors (Lipinski definition) is 3.